The summed E-state index contributed by atoms with van der Waals surface area (Å²) in [6, 6.07) is 0. The Hall–Kier alpha value is -0.420. The van der Waals surface area contributed by atoms with Crippen LogP contribution in [0.5, 0.6) is 0 Å². The molecule has 0 unspecified atom stereocenters. The molecule has 2 fully saturated rings. The standard InChI is InChI=1S/C5H6O4S/c6-5-8-3-1-7-10-2-4(3)9-5/h3-4H,1-2H2/t3-,4+/m0/s1. The zero-order valence-corrected chi connectivity index (χ0v) is 5.93. The average molecular weight is 162 g/mol. The van der Waals surface area contributed by atoms with Gasteiger partial charge in [-0.25, -0.2) is 4.79 Å². The Morgan fingerprint density at radius 3 is 3.00 bits per heavy atom. The minimum Gasteiger partial charge on any atom is -0.426 e. The lowest BCUT2D eigenvalue weighted by Crippen LogP contribution is -2.32. The predicted octanol–water partition coefficient (Wildman–Crippen LogP) is 0.569. The summed E-state index contributed by atoms with van der Waals surface area (Å²) in [4.78, 5) is 10.5. The van der Waals surface area contributed by atoms with Gasteiger partial charge in [-0.05, 0) is 12.0 Å². The Labute approximate surface area is 62.0 Å². The molecule has 4 nitrogen and oxygen atoms in total. The van der Waals surface area contributed by atoms with Gasteiger partial charge in [-0.1, -0.05) is 0 Å². The molecule has 2 rings (SSSR count). The molecule has 0 aromatic heterocycles. The van der Waals surface area contributed by atoms with Crippen molar-refractivity contribution >= 4 is 18.2 Å². The molecule has 0 bridgehead atoms. The molecule has 0 spiro atoms. The van der Waals surface area contributed by atoms with Crippen LogP contribution in [0.15, 0.2) is 0 Å². The number of rotatable bonds is 0. The van der Waals surface area contributed by atoms with Gasteiger partial charge >= 0.3 is 6.16 Å². The molecule has 0 radical (unpaired) electrons. The zero-order chi connectivity index (χ0) is 6.97. The van der Waals surface area contributed by atoms with Crippen molar-refractivity contribution in [3.8, 4) is 0 Å². The maximum Gasteiger partial charge on any atom is 0.509 e. The summed E-state index contributed by atoms with van der Waals surface area (Å²) in [5.74, 6) is 0.677. The van der Waals surface area contributed by atoms with Gasteiger partial charge in [-0.3, -0.25) is 0 Å². The summed E-state index contributed by atoms with van der Waals surface area (Å²) in [6.45, 7) is 0.446. The fraction of sp³-hybridized carbons (Fsp3) is 0.800. The van der Waals surface area contributed by atoms with E-state index in [1.807, 2.05) is 0 Å². The van der Waals surface area contributed by atoms with Crippen LogP contribution >= 0.6 is 12.0 Å². The molecule has 0 saturated carbocycles. The molecule has 56 valence electrons. The smallest absolute Gasteiger partial charge is 0.426 e. The monoisotopic (exact) mass is 162 g/mol. The first-order chi connectivity index (χ1) is 4.86. The van der Waals surface area contributed by atoms with Crippen molar-refractivity contribution < 1.29 is 18.5 Å². The predicted molar refractivity (Wildman–Crippen MR) is 33.6 cm³/mol. The zero-order valence-electron chi connectivity index (χ0n) is 5.11. The average Bonchev–Trinajstić information content (AvgIpc) is 2.27. The van der Waals surface area contributed by atoms with Crippen LogP contribution in [0.2, 0.25) is 0 Å². The van der Waals surface area contributed by atoms with E-state index in [1.54, 1.807) is 0 Å². The van der Waals surface area contributed by atoms with Gasteiger partial charge in [0.05, 0.1) is 5.75 Å². The molecule has 10 heavy (non-hydrogen) atoms. The second-order valence-corrected chi connectivity index (χ2v) is 2.94. The number of fused-ring (bicyclic) bond motifs is 1. The fourth-order valence-electron chi connectivity index (χ4n) is 0.940. The number of hydrogen-bond acceptors (Lipinski definition) is 5. The summed E-state index contributed by atoms with van der Waals surface area (Å²) in [6.07, 6.45) is -0.832. The summed E-state index contributed by atoms with van der Waals surface area (Å²) in [5, 5.41) is 0. The van der Waals surface area contributed by atoms with E-state index in [4.69, 9.17) is 13.7 Å². The molecule has 2 aliphatic heterocycles. The highest BCUT2D eigenvalue weighted by Crippen LogP contribution is 2.25. The minimum absolute atomic E-state index is 0.0914. The van der Waals surface area contributed by atoms with Crippen LogP contribution in [-0.2, 0) is 13.7 Å². The summed E-state index contributed by atoms with van der Waals surface area (Å²) in [7, 11) is 0. The van der Waals surface area contributed by atoms with Crippen LogP contribution in [0.3, 0.4) is 0 Å². The summed E-state index contributed by atoms with van der Waals surface area (Å²) in [5.41, 5.74) is 0. The maximum absolute atomic E-state index is 10.5. The number of carbonyl (C=O) groups excluding carboxylic acids is 1. The molecule has 2 aliphatic rings. The summed E-state index contributed by atoms with van der Waals surface area (Å²) < 4.78 is 14.6. The van der Waals surface area contributed by atoms with Gasteiger partial charge in [0.25, 0.3) is 0 Å². The first-order valence-corrected chi connectivity index (χ1v) is 3.89. The van der Waals surface area contributed by atoms with Crippen molar-refractivity contribution in [3.63, 3.8) is 0 Å². The molecule has 0 aromatic carbocycles. The van der Waals surface area contributed by atoms with E-state index in [0.717, 1.165) is 0 Å². The van der Waals surface area contributed by atoms with E-state index in [1.165, 1.54) is 12.0 Å². The van der Waals surface area contributed by atoms with Crippen molar-refractivity contribution in [2.75, 3.05) is 12.4 Å². The van der Waals surface area contributed by atoms with E-state index >= 15 is 0 Å². The van der Waals surface area contributed by atoms with Crippen molar-refractivity contribution in [2.24, 2.45) is 0 Å². The van der Waals surface area contributed by atoms with Gasteiger partial charge in [-0.15, -0.1) is 0 Å². The molecule has 0 aromatic rings. The van der Waals surface area contributed by atoms with Gasteiger partial charge in [0, 0.05) is 0 Å². The van der Waals surface area contributed by atoms with E-state index < -0.39 is 6.16 Å². The second-order valence-electron chi connectivity index (χ2n) is 2.13. The molecule has 2 atom stereocenters. The van der Waals surface area contributed by atoms with Crippen molar-refractivity contribution in [1.82, 2.24) is 0 Å². The highest BCUT2D eigenvalue weighted by molar-refractivity contribution is 7.94. The molecular weight excluding hydrogens is 156 g/mol. The number of ether oxygens (including phenoxy) is 2. The van der Waals surface area contributed by atoms with E-state index in [-0.39, 0.29) is 12.2 Å². The Kier molecular flexibility index (Phi) is 1.46. The lowest BCUT2D eigenvalue weighted by atomic mass is 10.2. The van der Waals surface area contributed by atoms with E-state index in [9.17, 15) is 4.79 Å². The third-order valence-corrected chi connectivity index (χ3v) is 2.23. The van der Waals surface area contributed by atoms with Crippen molar-refractivity contribution in [2.45, 2.75) is 12.2 Å². The van der Waals surface area contributed by atoms with Crippen LogP contribution in [-0.4, -0.2) is 30.7 Å². The Balaban J connectivity index is 2.04. The third-order valence-electron chi connectivity index (χ3n) is 1.46. The van der Waals surface area contributed by atoms with Crippen molar-refractivity contribution in [3.05, 3.63) is 0 Å². The third kappa shape index (κ3) is 0.951. The first-order valence-electron chi connectivity index (χ1n) is 2.98. The molecule has 2 saturated heterocycles. The van der Waals surface area contributed by atoms with E-state index in [2.05, 4.69) is 0 Å². The minimum atomic E-state index is -0.568. The Morgan fingerprint density at radius 1 is 1.40 bits per heavy atom. The first kappa shape index (κ1) is 6.30. The lowest BCUT2D eigenvalue weighted by Gasteiger charge is -2.18. The van der Waals surface area contributed by atoms with Crippen LogP contribution in [0.1, 0.15) is 0 Å². The number of hydrogen-bond donors (Lipinski definition) is 0. The van der Waals surface area contributed by atoms with Gasteiger partial charge in [0.1, 0.15) is 6.61 Å². The molecule has 2 heterocycles. The molecule has 5 heteroatoms. The van der Waals surface area contributed by atoms with Gasteiger partial charge in [-0.2, -0.15) is 0 Å². The SMILES string of the molecule is O=C1O[C@H]2COSC[C@H]2O1. The topological polar surface area (TPSA) is 44.8 Å². The molecule has 0 aliphatic carbocycles. The Bertz CT molecular complexity index is 144. The van der Waals surface area contributed by atoms with Crippen LogP contribution < -0.4 is 0 Å². The quantitative estimate of drug-likeness (QED) is 0.385. The summed E-state index contributed by atoms with van der Waals surface area (Å²) >= 11 is 1.32. The largest absolute Gasteiger partial charge is 0.509 e. The van der Waals surface area contributed by atoms with Crippen molar-refractivity contribution in [1.29, 1.82) is 0 Å². The Morgan fingerprint density at radius 2 is 2.20 bits per heavy atom. The fourth-order valence-corrected chi connectivity index (χ4v) is 1.68. The number of carbonyl (C=O) groups is 1. The normalized spacial score (nSPS) is 38.2. The van der Waals surface area contributed by atoms with E-state index in [0.29, 0.717) is 12.4 Å². The van der Waals surface area contributed by atoms with Gasteiger partial charge in [0.15, 0.2) is 12.2 Å². The second kappa shape index (κ2) is 2.32. The van der Waals surface area contributed by atoms with Crippen LogP contribution in [0.25, 0.3) is 0 Å². The molecule has 0 amide bonds. The van der Waals surface area contributed by atoms with Gasteiger partial charge < -0.3 is 13.7 Å². The highest BCUT2D eigenvalue weighted by Gasteiger charge is 2.39. The lowest BCUT2D eigenvalue weighted by molar-refractivity contribution is 0.0959. The maximum atomic E-state index is 10.5. The van der Waals surface area contributed by atoms with Crippen LogP contribution in [0, 0.1) is 0 Å². The highest BCUT2D eigenvalue weighted by atomic mass is 32.2. The molecular formula is C5H6O4S. The van der Waals surface area contributed by atoms with Crippen LogP contribution in [0.4, 0.5) is 4.79 Å². The molecule has 0 N–H and O–H groups in total. The van der Waals surface area contributed by atoms with Gasteiger partial charge in [0.2, 0.25) is 0 Å².